The van der Waals surface area contributed by atoms with E-state index in [1.807, 2.05) is 37.5 Å². The van der Waals surface area contributed by atoms with Crippen molar-refractivity contribution >= 4 is 22.8 Å². The highest BCUT2D eigenvalue weighted by Gasteiger charge is 2.39. The SMILES string of the molecule is CC(OC(N)=O)[C@@H]([C@@H](CC1CCCC1)Cn1cnc2ccccc21)N1CCc2cc(F)ccc21. The number of halogens is 1. The normalized spacial score (nSPS) is 18.7. The first-order valence-corrected chi connectivity index (χ1v) is 12.4. The predicted octanol–water partition coefficient (Wildman–Crippen LogP) is 5.29. The maximum Gasteiger partial charge on any atom is 0.404 e. The molecular formula is C27H33FN4O2. The standard InChI is InChI=1S/C27H33FN4O2/c1-18(34-27(29)33)26(32-13-12-20-15-22(28)10-11-24(20)32)21(14-19-6-2-3-7-19)16-31-17-30-23-8-4-5-9-25(23)31/h4-5,8-11,15,17-19,21,26H,2-3,6-7,12-14,16H2,1H3,(H2,29,33)/t18?,21-,26-/m0/s1. The van der Waals surface area contributed by atoms with Crippen LogP contribution in [0.3, 0.4) is 0 Å². The maximum atomic E-state index is 13.9. The van der Waals surface area contributed by atoms with Crippen molar-refractivity contribution in [3.8, 4) is 0 Å². The van der Waals surface area contributed by atoms with Crippen LogP contribution in [0, 0.1) is 17.7 Å². The van der Waals surface area contributed by atoms with Crippen LogP contribution in [-0.4, -0.2) is 34.3 Å². The predicted molar refractivity (Wildman–Crippen MR) is 131 cm³/mol. The minimum atomic E-state index is -0.760. The lowest BCUT2D eigenvalue weighted by molar-refractivity contribution is 0.0761. The zero-order valence-electron chi connectivity index (χ0n) is 19.7. The van der Waals surface area contributed by atoms with Gasteiger partial charge in [-0.2, -0.15) is 0 Å². The Labute approximate surface area is 199 Å². The molecule has 6 nitrogen and oxygen atoms in total. The fraction of sp³-hybridized carbons (Fsp3) is 0.481. The number of anilines is 1. The second-order valence-electron chi connectivity index (χ2n) is 9.88. The van der Waals surface area contributed by atoms with E-state index in [4.69, 9.17) is 10.5 Å². The number of rotatable bonds is 8. The number of fused-ring (bicyclic) bond motifs is 2. The minimum absolute atomic E-state index is 0.0824. The van der Waals surface area contributed by atoms with Crippen LogP contribution in [0.4, 0.5) is 14.9 Å². The molecule has 0 bridgehead atoms. The minimum Gasteiger partial charge on any atom is -0.444 e. The first kappa shape index (κ1) is 22.7. The number of nitrogens with two attached hydrogens (primary N) is 1. The smallest absolute Gasteiger partial charge is 0.404 e. The van der Waals surface area contributed by atoms with Gasteiger partial charge < -0.3 is 19.9 Å². The van der Waals surface area contributed by atoms with Crippen molar-refractivity contribution in [3.05, 3.63) is 60.2 Å². The van der Waals surface area contributed by atoms with Gasteiger partial charge in [0.1, 0.15) is 11.9 Å². The summed E-state index contributed by atoms with van der Waals surface area (Å²) >= 11 is 0. The van der Waals surface area contributed by atoms with Gasteiger partial charge in [-0.15, -0.1) is 0 Å². The van der Waals surface area contributed by atoms with Gasteiger partial charge in [0, 0.05) is 24.7 Å². The molecule has 1 aliphatic heterocycles. The number of para-hydroxylation sites is 2. The molecule has 2 aromatic carbocycles. The molecule has 0 radical (unpaired) electrons. The molecule has 34 heavy (non-hydrogen) atoms. The van der Waals surface area contributed by atoms with E-state index in [0.717, 1.165) is 48.2 Å². The molecule has 3 aromatic rings. The Morgan fingerprint density at radius 3 is 2.82 bits per heavy atom. The van der Waals surface area contributed by atoms with Crippen molar-refractivity contribution in [2.45, 2.75) is 64.1 Å². The number of aromatic nitrogens is 2. The van der Waals surface area contributed by atoms with Crippen LogP contribution in [0.25, 0.3) is 11.0 Å². The largest absolute Gasteiger partial charge is 0.444 e. The number of imidazole rings is 1. The number of carbonyl (C=O) groups is 1. The van der Waals surface area contributed by atoms with Crippen molar-refractivity contribution in [2.24, 2.45) is 17.6 Å². The van der Waals surface area contributed by atoms with E-state index >= 15 is 0 Å². The molecule has 1 amide bonds. The number of carbonyl (C=O) groups excluding carboxylic acids is 1. The molecule has 3 atom stereocenters. The van der Waals surface area contributed by atoms with Gasteiger partial charge in [-0.3, -0.25) is 0 Å². The second kappa shape index (κ2) is 9.65. The molecule has 1 saturated carbocycles. The van der Waals surface area contributed by atoms with E-state index < -0.39 is 12.2 Å². The molecule has 180 valence electrons. The summed E-state index contributed by atoms with van der Waals surface area (Å²) in [5.74, 6) is 0.635. The Morgan fingerprint density at radius 2 is 2.03 bits per heavy atom. The molecule has 1 unspecified atom stereocenters. The third kappa shape index (κ3) is 4.61. The van der Waals surface area contributed by atoms with Crippen LogP contribution < -0.4 is 10.6 Å². The van der Waals surface area contributed by atoms with Gasteiger partial charge in [0.15, 0.2) is 0 Å². The van der Waals surface area contributed by atoms with Gasteiger partial charge in [-0.05, 0) is 61.6 Å². The average Bonchev–Trinajstić information content (AvgIpc) is 3.55. The Bertz CT molecular complexity index is 1160. The van der Waals surface area contributed by atoms with Gasteiger partial charge in [-0.25, -0.2) is 14.2 Å². The van der Waals surface area contributed by atoms with Crippen molar-refractivity contribution in [3.63, 3.8) is 0 Å². The van der Waals surface area contributed by atoms with Gasteiger partial charge in [-0.1, -0.05) is 37.8 Å². The van der Waals surface area contributed by atoms with E-state index in [-0.39, 0.29) is 17.8 Å². The summed E-state index contributed by atoms with van der Waals surface area (Å²) in [5.41, 5.74) is 9.58. The summed E-state index contributed by atoms with van der Waals surface area (Å²) < 4.78 is 21.8. The molecule has 5 rings (SSSR count). The molecule has 2 aliphatic rings. The van der Waals surface area contributed by atoms with Crippen molar-refractivity contribution in [1.29, 1.82) is 0 Å². The summed E-state index contributed by atoms with van der Waals surface area (Å²) in [5, 5.41) is 0. The van der Waals surface area contributed by atoms with Crippen molar-refractivity contribution in [1.82, 2.24) is 9.55 Å². The Kier molecular flexibility index (Phi) is 6.44. The lowest BCUT2D eigenvalue weighted by atomic mass is 9.84. The fourth-order valence-corrected chi connectivity index (χ4v) is 6.25. The van der Waals surface area contributed by atoms with E-state index in [0.29, 0.717) is 5.92 Å². The summed E-state index contributed by atoms with van der Waals surface area (Å²) in [7, 11) is 0. The maximum absolute atomic E-state index is 13.9. The van der Waals surface area contributed by atoms with Gasteiger partial charge in [0.2, 0.25) is 0 Å². The van der Waals surface area contributed by atoms with Crippen molar-refractivity contribution in [2.75, 3.05) is 11.4 Å². The Morgan fingerprint density at radius 1 is 1.24 bits per heavy atom. The third-order valence-electron chi connectivity index (χ3n) is 7.67. The van der Waals surface area contributed by atoms with Crippen LogP contribution >= 0.6 is 0 Å². The zero-order valence-corrected chi connectivity index (χ0v) is 19.7. The lowest BCUT2D eigenvalue weighted by Gasteiger charge is -2.40. The van der Waals surface area contributed by atoms with E-state index in [1.54, 1.807) is 6.07 Å². The molecule has 0 saturated heterocycles. The van der Waals surface area contributed by atoms with Gasteiger partial charge in [0.05, 0.1) is 23.4 Å². The Hall–Kier alpha value is -3.09. The number of hydrogen-bond donors (Lipinski definition) is 1. The second-order valence-corrected chi connectivity index (χ2v) is 9.88. The highest BCUT2D eigenvalue weighted by Crippen LogP contribution is 2.39. The highest BCUT2D eigenvalue weighted by molar-refractivity contribution is 5.75. The van der Waals surface area contributed by atoms with Crippen LogP contribution in [0.1, 0.15) is 44.6 Å². The lowest BCUT2D eigenvalue weighted by Crippen LogP contribution is -2.50. The first-order chi connectivity index (χ1) is 16.5. The Balaban J connectivity index is 1.53. The average molecular weight is 465 g/mol. The molecular weight excluding hydrogens is 431 g/mol. The topological polar surface area (TPSA) is 73.4 Å². The van der Waals surface area contributed by atoms with E-state index in [9.17, 15) is 9.18 Å². The summed E-state index contributed by atoms with van der Waals surface area (Å²) in [6, 6.07) is 13.1. The van der Waals surface area contributed by atoms with Gasteiger partial charge in [0.25, 0.3) is 0 Å². The van der Waals surface area contributed by atoms with Crippen LogP contribution in [0.5, 0.6) is 0 Å². The quantitative estimate of drug-likeness (QED) is 0.492. The highest BCUT2D eigenvalue weighted by atomic mass is 19.1. The number of amides is 1. The molecule has 7 heteroatoms. The summed E-state index contributed by atoms with van der Waals surface area (Å²) in [6.45, 7) is 3.47. The van der Waals surface area contributed by atoms with Crippen molar-refractivity contribution < 1.29 is 13.9 Å². The molecule has 0 spiro atoms. The molecule has 1 aromatic heterocycles. The van der Waals surface area contributed by atoms with Crippen LogP contribution in [0.15, 0.2) is 48.8 Å². The number of benzene rings is 2. The monoisotopic (exact) mass is 464 g/mol. The summed E-state index contributed by atoms with van der Waals surface area (Å²) in [6.07, 6.45) is 7.58. The summed E-state index contributed by atoms with van der Waals surface area (Å²) in [4.78, 5) is 18.7. The fourth-order valence-electron chi connectivity index (χ4n) is 6.25. The number of primary amides is 1. The van der Waals surface area contributed by atoms with E-state index in [2.05, 4.69) is 20.5 Å². The first-order valence-electron chi connectivity index (χ1n) is 12.4. The molecule has 2 N–H and O–H groups in total. The van der Waals surface area contributed by atoms with Crippen LogP contribution in [0.2, 0.25) is 0 Å². The van der Waals surface area contributed by atoms with E-state index in [1.165, 1.54) is 31.7 Å². The zero-order chi connectivity index (χ0) is 23.7. The molecule has 2 heterocycles. The van der Waals surface area contributed by atoms with Gasteiger partial charge >= 0.3 is 6.09 Å². The molecule has 1 fully saturated rings. The number of nitrogens with zero attached hydrogens (tertiary/aromatic N) is 3. The molecule has 1 aliphatic carbocycles. The van der Waals surface area contributed by atoms with Crippen LogP contribution in [-0.2, 0) is 17.7 Å². The number of ether oxygens (including phenoxy) is 1. The number of hydrogen-bond acceptors (Lipinski definition) is 4. The third-order valence-corrected chi connectivity index (χ3v) is 7.67.